The zero-order chi connectivity index (χ0) is 17.4. The average molecular weight is 358 g/mol. The van der Waals surface area contributed by atoms with Gasteiger partial charge in [-0.15, -0.1) is 10.2 Å². The standard InChI is InChI=1S/C17H14N2O5S/c1-21-12-6-9-7-14(15(20)10(9)8-13(12)22-2)25-17-19-18-16(24-17)11-4-3-5-23-11/h3-6,8,14H,7H2,1-2H3/t14-/m1/s1. The van der Waals surface area contributed by atoms with Crippen molar-refractivity contribution in [3.05, 3.63) is 41.7 Å². The largest absolute Gasteiger partial charge is 0.493 e. The smallest absolute Gasteiger partial charge is 0.284 e. The van der Waals surface area contributed by atoms with E-state index in [-0.39, 0.29) is 11.0 Å². The Morgan fingerprint density at radius 3 is 2.72 bits per heavy atom. The van der Waals surface area contributed by atoms with Gasteiger partial charge in [0.1, 0.15) is 0 Å². The fourth-order valence-electron chi connectivity index (χ4n) is 2.76. The third-order valence-electron chi connectivity index (χ3n) is 3.95. The highest BCUT2D eigenvalue weighted by molar-refractivity contribution is 8.00. The minimum atomic E-state index is -0.322. The molecule has 0 saturated heterocycles. The molecule has 25 heavy (non-hydrogen) atoms. The van der Waals surface area contributed by atoms with Crippen LogP contribution in [0.25, 0.3) is 11.7 Å². The number of benzene rings is 1. The summed E-state index contributed by atoms with van der Waals surface area (Å²) in [5.41, 5.74) is 1.56. The molecule has 0 bridgehead atoms. The number of Topliss-reactive ketones (excluding diaryl/α,β-unsaturated/α-hetero) is 1. The number of carbonyl (C=O) groups excluding carboxylic acids is 1. The first kappa shape index (κ1) is 15.8. The predicted molar refractivity (Wildman–Crippen MR) is 89.2 cm³/mol. The van der Waals surface area contributed by atoms with Gasteiger partial charge in [-0.05, 0) is 36.2 Å². The monoisotopic (exact) mass is 358 g/mol. The van der Waals surface area contributed by atoms with Crippen LogP contribution in [0.15, 0.2) is 44.6 Å². The van der Waals surface area contributed by atoms with Crippen molar-refractivity contribution < 1.29 is 23.1 Å². The van der Waals surface area contributed by atoms with Crippen LogP contribution in [0.4, 0.5) is 0 Å². The second kappa shape index (κ2) is 6.29. The van der Waals surface area contributed by atoms with Crippen LogP contribution in [-0.4, -0.2) is 35.5 Å². The Kier molecular flexibility index (Phi) is 3.96. The van der Waals surface area contributed by atoms with Gasteiger partial charge in [-0.1, -0.05) is 11.8 Å². The molecule has 0 radical (unpaired) electrons. The molecule has 2 heterocycles. The van der Waals surface area contributed by atoms with Crippen molar-refractivity contribution in [3.8, 4) is 23.1 Å². The second-order valence-electron chi connectivity index (χ2n) is 5.39. The normalized spacial score (nSPS) is 16.1. The van der Waals surface area contributed by atoms with Gasteiger partial charge in [-0.2, -0.15) is 0 Å². The number of methoxy groups -OCH3 is 2. The Hall–Kier alpha value is -2.74. The van der Waals surface area contributed by atoms with Crippen molar-refractivity contribution >= 4 is 17.5 Å². The molecule has 8 heteroatoms. The van der Waals surface area contributed by atoms with E-state index in [0.29, 0.717) is 40.4 Å². The Labute approximate surface area is 147 Å². The summed E-state index contributed by atoms with van der Waals surface area (Å²) in [4.78, 5) is 12.7. The van der Waals surface area contributed by atoms with Crippen LogP contribution in [0.3, 0.4) is 0 Å². The molecule has 0 saturated carbocycles. The van der Waals surface area contributed by atoms with E-state index in [2.05, 4.69) is 10.2 Å². The van der Waals surface area contributed by atoms with E-state index in [1.807, 2.05) is 6.07 Å². The highest BCUT2D eigenvalue weighted by Crippen LogP contribution is 2.39. The zero-order valence-corrected chi connectivity index (χ0v) is 14.3. The lowest BCUT2D eigenvalue weighted by molar-refractivity contribution is 0.0999. The summed E-state index contributed by atoms with van der Waals surface area (Å²) < 4.78 is 21.4. The van der Waals surface area contributed by atoms with Crippen LogP contribution in [0.2, 0.25) is 0 Å². The number of ether oxygens (including phenoxy) is 2. The van der Waals surface area contributed by atoms with Crippen molar-refractivity contribution in [2.24, 2.45) is 0 Å². The molecule has 0 spiro atoms. The number of aromatic nitrogens is 2. The minimum absolute atomic E-state index is 0.0127. The van der Waals surface area contributed by atoms with Crippen molar-refractivity contribution in [1.82, 2.24) is 10.2 Å². The van der Waals surface area contributed by atoms with Gasteiger partial charge < -0.3 is 18.3 Å². The highest BCUT2D eigenvalue weighted by atomic mass is 32.2. The first-order valence-corrected chi connectivity index (χ1v) is 8.40. The second-order valence-corrected chi connectivity index (χ2v) is 6.54. The molecule has 4 rings (SSSR count). The fraction of sp³-hybridized carbons (Fsp3) is 0.235. The molecule has 3 aromatic rings. The number of nitrogens with zero attached hydrogens (tertiary/aromatic N) is 2. The van der Waals surface area contributed by atoms with Gasteiger partial charge in [-0.25, -0.2) is 0 Å². The van der Waals surface area contributed by atoms with Crippen LogP contribution < -0.4 is 9.47 Å². The van der Waals surface area contributed by atoms with Crippen LogP contribution in [0.1, 0.15) is 15.9 Å². The summed E-state index contributed by atoms with van der Waals surface area (Å²) in [5, 5.41) is 7.94. The topological polar surface area (TPSA) is 87.6 Å². The summed E-state index contributed by atoms with van der Waals surface area (Å²) in [6.07, 6.45) is 2.10. The van der Waals surface area contributed by atoms with Gasteiger partial charge in [0.25, 0.3) is 11.1 Å². The molecule has 7 nitrogen and oxygen atoms in total. The predicted octanol–water partition coefficient (Wildman–Crippen LogP) is 3.25. The maximum absolute atomic E-state index is 12.7. The lowest BCUT2D eigenvalue weighted by Gasteiger charge is -2.09. The van der Waals surface area contributed by atoms with Crippen LogP contribution in [0.5, 0.6) is 11.5 Å². The van der Waals surface area contributed by atoms with E-state index < -0.39 is 0 Å². The SMILES string of the molecule is COc1cc2c(cc1OC)C(=O)[C@H](Sc1nnc(-c3ccco3)o1)C2. The first-order chi connectivity index (χ1) is 12.2. The molecule has 1 atom stereocenters. The lowest BCUT2D eigenvalue weighted by Crippen LogP contribution is -2.11. The van der Waals surface area contributed by atoms with Crippen molar-refractivity contribution in [2.75, 3.05) is 14.2 Å². The number of furan rings is 1. The average Bonchev–Trinajstić information content (AvgIpc) is 3.35. The van der Waals surface area contributed by atoms with Gasteiger partial charge in [0.2, 0.25) is 0 Å². The van der Waals surface area contributed by atoms with Crippen molar-refractivity contribution in [3.63, 3.8) is 0 Å². The van der Waals surface area contributed by atoms with E-state index >= 15 is 0 Å². The number of rotatable bonds is 5. The van der Waals surface area contributed by atoms with Crippen LogP contribution in [-0.2, 0) is 6.42 Å². The summed E-state index contributed by atoms with van der Waals surface area (Å²) in [6, 6.07) is 7.04. The molecule has 1 aromatic carbocycles. The van der Waals surface area contributed by atoms with Crippen LogP contribution >= 0.6 is 11.8 Å². The maximum atomic E-state index is 12.7. The Morgan fingerprint density at radius 1 is 1.20 bits per heavy atom. The summed E-state index contributed by atoms with van der Waals surface area (Å²) in [5.74, 6) is 1.95. The number of hydrogen-bond donors (Lipinski definition) is 0. The fourth-order valence-corrected chi connectivity index (χ4v) is 3.71. The number of fused-ring (bicyclic) bond motifs is 1. The summed E-state index contributed by atoms with van der Waals surface area (Å²) >= 11 is 1.25. The maximum Gasteiger partial charge on any atom is 0.284 e. The highest BCUT2D eigenvalue weighted by Gasteiger charge is 2.34. The van der Waals surface area contributed by atoms with E-state index in [9.17, 15) is 4.79 Å². The lowest BCUT2D eigenvalue weighted by atomic mass is 10.1. The molecular weight excluding hydrogens is 344 g/mol. The van der Waals surface area contributed by atoms with Gasteiger partial charge in [-0.3, -0.25) is 4.79 Å². The molecule has 0 amide bonds. The Balaban J connectivity index is 1.56. The Bertz CT molecular complexity index is 919. The molecule has 2 aromatic heterocycles. The number of thioether (sulfide) groups is 1. The summed E-state index contributed by atoms with van der Waals surface area (Å²) in [6.45, 7) is 0. The van der Waals surface area contributed by atoms with Crippen LogP contribution in [0, 0.1) is 0 Å². The van der Waals surface area contributed by atoms with Gasteiger partial charge >= 0.3 is 0 Å². The number of carbonyl (C=O) groups is 1. The van der Waals surface area contributed by atoms with Gasteiger partial charge in [0, 0.05) is 5.56 Å². The minimum Gasteiger partial charge on any atom is -0.493 e. The molecule has 1 aliphatic rings. The third-order valence-corrected chi connectivity index (χ3v) is 4.99. The van der Waals surface area contributed by atoms with E-state index in [1.165, 1.54) is 18.0 Å². The molecule has 128 valence electrons. The Morgan fingerprint density at radius 2 is 2.00 bits per heavy atom. The molecule has 0 aliphatic heterocycles. The third kappa shape index (κ3) is 2.78. The van der Waals surface area contributed by atoms with E-state index in [1.54, 1.807) is 32.4 Å². The van der Waals surface area contributed by atoms with Crippen molar-refractivity contribution in [2.45, 2.75) is 16.9 Å². The molecule has 1 aliphatic carbocycles. The summed E-state index contributed by atoms with van der Waals surface area (Å²) in [7, 11) is 3.12. The molecule has 0 N–H and O–H groups in total. The first-order valence-electron chi connectivity index (χ1n) is 7.52. The van der Waals surface area contributed by atoms with Gasteiger partial charge in [0.15, 0.2) is 23.0 Å². The zero-order valence-electron chi connectivity index (χ0n) is 13.5. The van der Waals surface area contributed by atoms with E-state index in [4.69, 9.17) is 18.3 Å². The van der Waals surface area contributed by atoms with Crippen molar-refractivity contribution in [1.29, 1.82) is 0 Å². The number of hydrogen-bond acceptors (Lipinski definition) is 8. The molecule has 0 unspecified atom stereocenters. The number of ketones is 1. The van der Waals surface area contributed by atoms with Gasteiger partial charge in [0.05, 0.1) is 25.7 Å². The quantitative estimate of drug-likeness (QED) is 0.687. The molecular formula is C17H14N2O5S. The van der Waals surface area contributed by atoms with E-state index in [0.717, 1.165) is 5.56 Å². The molecule has 0 fully saturated rings.